The fourth-order valence-electron chi connectivity index (χ4n) is 2.28. The van der Waals surface area contributed by atoms with Crippen LogP contribution in [0.1, 0.15) is 85.5 Å². The first-order valence-electron chi connectivity index (χ1n) is 10.5. The molecule has 0 spiro atoms. The number of rotatable bonds is 14. The molecule has 0 heterocycles. The fourth-order valence-corrected chi connectivity index (χ4v) is 2.28. The second kappa shape index (κ2) is 17.6. The Morgan fingerprint density at radius 1 is 0.704 bits per heavy atom. The van der Waals surface area contributed by atoms with E-state index in [1.165, 1.54) is 64.0 Å². The number of unbranched alkanes of at least 4 members (excludes halogenated alkanes) is 8. The Kier molecular flexibility index (Phi) is 16.4. The monoisotopic (exact) mass is 372 g/mol. The number of allylic oxidation sites excluding steroid dienone is 9. The average Bonchev–Trinajstić information content (AvgIpc) is 2.62. The van der Waals surface area contributed by atoms with Gasteiger partial charge in [-0.05, 0) is 39.7 Å². The summed E-state index contributed by atoms with van der Waals surface area (Å²) in [5, 5.41) is 0. The third kappa shape index (κ3) is 18.8. The highest BCUT2D eigenvalue weighted by Crippen LogP contribution is 2.15. The number of ether oxygens (including phenoxy) is 1. The van der Waals surface area contributed by atoms with Crippen LogP contribution in [0, 0.1) is 5.41 Å². The molecular weight excluding hydrogens is 332 g/mol. The van der Waals surface area contributed by atoms with Crippen molar-refractivity contribution in [2.24, 2.45) is 5.41 Å². The molecule has 0 aliphatic rings. The summed E-state index contributed by atoms with van der Waals surface area (Å²) in [6.07, 6.45) is 31.3. The second-order valence-corrected chi connectivity index (χ2v) is 7.83. The smallest absolute Gasteiger partial charge is 0.316 e. The molecule has 0 fully saturated rings. The number of carbonyl (C=O) groups excluding carboxylic acids is 1. The van der Waals surface area contributed by atoms with Crippen molar-refractivity contribution in [1.82, 2.24) is 0 Å². The van der Waals surface area contributed by atoms with E-state index in [1.807, 2.05) is 51.2 Å². The van der Waals surface area contributed by atoms with Gasteiger partial charge in [0.05, 0.1) is 11.7 Å². The lowest BCUT2D eigenvalue weighted by molar-refractivity contribution is -0.146. The minimum Gasteiger partial charge on any atom is -0.434 e. The summed E-state index contributed by atoms with van der Waals surface area (Å²) in [6.45, 7) is 7.76. The van der Waals surface area contributed by atoms with E-state index < -0.39 is 5.41 Å². The standard InChI is InChI=1S/C25H40O2/c1-5-6-7-8-9-10-11-12-13-14-15-16-17-18-19-20-21-22-23-27-24(26)25(2,3)4/h14-23H,5-13H2,1-4H3/b15-14-,17-16-,19-18-,21-20-,23-22-. The Hall–Kier alpha value is -1.83. The van der Waals surface area contributed by atoms with Gasteiger partial charge in [-0.3, -0.25) is 4.79 Å². The van der Waals surface area contributed by atoms with Crippen LogP contribution in [0.25, 0.3) is 0 Å². The fraction of sp³-hybridized carbons (Fsp3) is 0.560. The Bertz CT molecular complexity index is 499. The van der Waals surface area contributed by atoms with Crippen LogP contribution >= 0.6 is 0 Å². The summed E-state index contributed by atoms with van der Waals surface area (Å²) < 4.78 is 5.02. The summed E-state index contributed by atoms with van der Waals surface area (Å²) in [7, 11) is 0. The largest absolute Gasteiger partial charge is 0.434 e. The van der Waals surface area contributed by atoms with Crippen molar-refractivity contribution in [1.29, 1.82) is 0 Å². The Labute approximate surface area is 167 Å². The quantitative estimate of drug-likeness (QED) is 0.134. The van der Waals surface area contributed by atoms with E-state index in [9.17, 15) is 4.79 Å². The molecule has 0 saturated carbocycles. The highest BCUT2D eigenvalue weighted by molar-refractivity contribution is 5.75. The van der Waals surface area contributed by atoms with Gasteiger partial charge in [0.25, 0.3) is 0 Å². The van der Waals surface area contributed by atoms with E-state index in [0.29, 0.717) is 0 Å². The zero-order valence-corrected chi connectivity index (χ0v) is 18.0. The molecule has 0 aliphatic heterocycles. The van der Waals surface area contributed by atoms with E-state index in [2.05, 4.69) is 25.2 Å². The van der Waals surface area contributed by atoms with Gasteiger partial charge >= 0.3 is 5.97 Å². The van der Waals surface area contributed by atoms with Crippen molar-refractivity contribution in [3.05, 3.63) is 60.9 Å². The third-order valence-electron chi connectivity index (χ3n) is 4.00. The molecule has 0 aromatic carbocycles. The summed E-state index contributed by atoms with van der Waals surface area (Å²) in [5.74, 6) is -0.232. The SMILES string of the molecule is CCCCCCCCCC\C=C/C=C\C=C/C=C\C=C/OC(=O)C(C)(C)C. The van der Waals surface area contributed by atoms with Crippen LogP contribution in [0.15, 0.2) is 60.9 Å². The number of hydrogen-bond donors (Lipinski definition) is 0. The molecule has 0 rings (SSSR count). The number of esters is 1. The molecule has 27 heavy (non-hydrogen) atoms. The molecule has 0 bridgehead atoms. The van der Waals surface area contributed by atoms with Crippen LogP contribution in [0.4, 0.5) is 0 Å². The van der Waals surface area contributed by atoms with Crippen LogP contribution in [-0.2, 0) is 9.53 Å². The molecular formula is C25H40O2. The minimum absolute atomic E-state index is 0.232. The maximum absolute atomic E-state index is 11.5. The number of hydrogen-bond acceptors (Lipinski definition) is 2. The molecule has 0 atom stereocenters. The number of carbonyl (C=O) groups is 1. The van der Waals surface area contributed by atoms with Gasteiger partial charge in [0.15, 0.2) is 0 Å². The lowest BCUT2D eigenvalue weighted by atomic mass is 9.98. The first-order chi connectivity index (χ1) is 13.0. The van der Waals surface area contributed by atoms with Crippen molar-refractivity contribution in [3.63, 3.8) is 0 Å². The molecule has 0 radical (unpaired) electrons. The van der Waals surface area contributed by atoms with Gasteiger partial charge in [-0.25, -0.2) is 0 Å². The highest BCUT2D eigenvalue weighted by atomic mass is 16.5. The highest BCUT2D eigenvalue weighted by Gasteiger charge is 2.21. The summed E-state index contributed by atoms with van der Waals surface area (Å²) in [6, 6.07) is 0. The van der Waals surface area contributed by atoms with Gasteiger partial charge in [0, 0.05) is 0 Å². The molecule has 0 N–H and O–H groups in total. The molecule has 0 unspecified atom stereocenters. The summed E-state index contributed by atoms with van der Waals surface area (Å²) >= 11 is 0. The average molecular weight is 373 g/mol. The van der Waals surface area contributed by atoms with Crippen LogP contribution in [0.2, 0.25) is 0 Å². The molecule has 2 nitrogen and oxygen atoms in total. The van der Waals surface area contributed by atoms with E-state index in [-0.39, 0.29) is 5.97 Å². The second-order valence-electron chi connectivity index (χ2n) is 7.83. The molecule has 2 heteroatoms. The first-order valence-corrected chi connectivity index (χ1v) is 10.5. The zero-order valence-electron chi connectivity index (χ0n) is 18.0. The van der Waals surface area contributed by atoms with Crippen molar-refractivity contribution in [3.8, 4) is 0 Å². The van der Waals surface area contributed by atoms with Gasteiger partial charge in [-0.1, -0.05) is 100 Å². The lowest BCUT2D eigenvalue weighted by Gasteiger charge is -2.13. The van der Waals surface area contributed by atoms with E-state index >= 15 is 0 Å². The Balaban J connectivity index is 3.64. The Morgan fingerprint density at radius 3 is 1.74 bits per heavy atom. The molecule has 0 aromatic rings. The molecule has 0 saturated heterocycles. The first kappa shape index (κ1) is 25.2. The predicted octanol–water partition coefficient (Wildman–Crippen LogP) is 7.85. The van der Waals surface area contributed by atoms with E-state index in [1.54, 1.807) is 6.08 Å². The maximum Gasteiger partial charge on any atom is 0.316 e. The minimum atomic E-state index is -0.472. The van der Waals surface area contributed by atoms with E-state index in [4.69, 9.17) is 4.74 Å². The van der Waals surface area contributed by atoms with Crippen molar-refractivity contribution < 1.29 is 9.53 Å². The van der Waals surface area contributed by atoms with Crippen LogP contribution in [-0.4, -0.2) is 5.97 Å². The van der Waals surface area contributed by atoms with Crippen LogP contribution in [0.5, 0.6) is 0 Å². The topological polar surface area (TPSA) is 26.3 Å². The van der Waals surface area contributed by atoms with Crippen LogP contribution < -0.4 is 0 Å². The summed E-state index contributed by atoms with van der Waals surface area (Å²) in [4.78, 5) is 11.5. The Morgan fingerprint density at radius 2 is 1.19 bits per heavy atom. The summed E-state index contributed by atoms with van der Waals surface area (Å²) in [5.41, 5.74) is -0.472. The molecule has 0 aromatic heterocycles. The van der Waals surface area contributed by atoms with Gasteiger partial charge in [0.1, 0.15) is 0 Å². The molecule has 152 valence electrons. The maximum atomic E-state index is 11.5. The third-order valence-corrected chi connectivity index (χ3v) is 4.00. The van der Waals surface area contributed by atoms with Gasteiger partial charge in [0.2, 0.25) is 0 Å². The van der Waals surface area contributed by atoms with Crippen molar-refractivity contribution >= 4 is 5.97 Å². The van der Waals surface area contributed by atoms with Crippen molar-refractivity contribution in [2.75, 3.05) is 0 Å². The lowest BCUT2D eigenvalue weighted by Crippen LogP contribution is -2.20. The van der Waals surface area contributed by atoms with Gasteiger partial charge < -0.3 is 4.74 Å². The zero-order chi connectivity index (χ0) is 20.2. The van der Waals surface area contributed by atoms with Crippen LogP contribution in [0.3, 0.4) is 0 Å². The molecule has 0 aliphatic carbocycles. The van der Waals surface area contributed by atoms with Crippen molar-refractivity contribution in [2.45, 2.75) is 85.5 Å². The van der Waals surface area contributed by atoms with Gasteiger partial charge in [-0.15, -0.1) is 0 Å². The predicted molar refractivity (Wildman–Crippen MR) is 118 cm³/mol. The van der Waals surface area contributed by atoms with Gasteiger partial charge in [-0.2, -0.15) is 0 Å². The van der Waals surface area contributed by atoms with E-state index in [0.717, 1.165) is 0 Å². The molecule has 0 amide bonds. The normalized spacial score (nSPS) is 13.2.